The Morgan fingerprint density at radius 2 is 2.13 bits per heavy atom. The quantitative estimate of drug-likeness (QED) is 0.550. The van der Waals surface area contributed by atoms with E-state index in [1.165, 1.54) is 13.2 Å². The monoisotopic (exact) mass is 201 g/mol. The molecule has 0 aromatic heterocycles. The molecule has 3 heteroatoms. The number of benzene rings is 1. The van der Waals surface area contributed by atoms with E-state index in [0.717, 1.165) is 11.3 Å². The Balaban J connectivity index is 1.94. The lowest BCUT2D eigenvalue weighted by Gasteiger charge is -1.91. The summed E-state index contributed by atoms with van der Waals surface area (Å²) >= 11 is 0. The summed E-state index contributed by atoms with van der Waals surface area (Å²) in [4.78, 5) is 15.1. The lowest BCUT2D eigenvalue weighted by atomic mass is 10.1. The van der Waals surface area contributed by atoms with Crippen molar-refractivity contribution in [1.82, 2.24) is 0 Å². The van der Waals surface area contributed by atoms with Gasteiger partial charge in [0.05, 0.1) is 12.8 Å². The van der Waals surface area contributed by atoms with Crippen molar-refractivity contribution in [3.05, 3.63) is 48.0 Å². The number of carbonyl (C=O) groups excluding carboxylic acids is 1. The third-order valence-corrected chi connectivity index (χ3v) is 2.18. The van der Waals surface area contributed by atoms with Crippen molar-refractivity contribution in [2.75, 3.05) is 7.11 Å². The molecule has 15 heavy (non-hydrogen) atoms. The normalized spacial score (nSPS) is 18.7. The van der Waals surface area contributed by atoms with Crippen LogP contribution >= 0.6 is 0 Å². The van der Waals surface area contributed by atoms with E-state index in [4.69, 9.17) is 0 Å². The molecule has 1 heterocycles. The zero-order valence-corrected chi connectivity index (χ0v) is 8.38. The van der Waals surface area contributed by atoms with E-state index in [1.807, 2.05) is 30.3 Å². The van der Waals surface area contributed by atoms with Crippen molar-refractivity contribution in [2.24, 2.45) is 4.99 Å². The minimum atomic E-state index is -0.343. The van der Waals surface area contributed by atoms with Crippen molar-refractivity contribution in [2.45, 2.75) is 6.04 Å². The Morgan fingerprint density at radius 3 is 2.80 bits per heavy atom. The molecule has 1 aromatic carbocycles. The summed E-state index contributed by atoms with van der Waals surface area (Å²) in [5.74, 6) is -0.343. The van der Waals surface area contributed by atoms with Crippen LogP contribution in [0.5, 0.6) is 0 Å². The molecule has 0 saturated carbocycles. The highest BCUT2D eigenvalue weighted by molar-refractivity contribution is 6.14. The highest BCUT2D eigenvalue weighted by atomic mass is 16.5. The van der Waals surface area contributed by atoms with Gasteiger partial charge in [0, 0.05) is 6.08 Å². The molecule has 0 amide bonds. The first-order valence-electron chi connectivity index (χ1n) is 4.70. The Hall–Kier alpha value is -1.90. The standard InChI is InChI=1S/C12H11NO2/c1-15-11(14)8-7-10-12(13-10)9-5-3-2-4-6-9/h2-8,10H,1H3. The first kappa shape index (κ1) is 9.65. The van der Waals surface area contributed by atoms with E-state index in [2.05, 4.69) is 9.73 Å². The first-order valence-corrected chi connectivity index (χ1v) is 4.70. The molecule has 0 aliphatic carbocycles. The average Bonchev–Trinajstić information content (AvgIpc) is 3.06. The SMILES string of the molecule is COC(=O)C=CC1N=C1c1ccccc1. The summed E-state index contributed by atoms with van der Waals surface area (Å²) in [6, 6.07) is 9.96. The summed E-state index contributed by atoms with van der Waals surface area (Å²) in [5.41, 5.74) is 2.13. The van der Waals surface area contributed by atoms with E-state index in [-0.39, 0.29) is 12.0 Å². The lowest BCUT2D eigenvalue weighted by molar-refractivity contribution is -0.134. The van der Waals surface area contributed by atoms with E-state index in [0.29, 0.717) is 0 Å². The largest absolute Gasteiger partial charge is 0.466 e. The fourth-order valence-corrected chi connectivity index (χ4v) is 1.34. The van der Waals surface area contributed by atoms with Crippen molar-refractivity contribution in [3.8, 4) is 0 Å². The number of aliphatic imine (C=N–C) groups is 1. The zero-order valence-electron chi connectivity index (χ0n) is 8.38. The fourth-order valence-electron chi connectivity index (χ4n) is 1.34. The molecule has 0 bridgehead atoms. The van der Waals surface area contributed by atoms with Gasteiger partial charge in [-0.25, -0.2) is 4.79 Å². The van der Waals surface area contributed by atoms with Crippen LogP contribution in [0.4, 0.5) is 0 Å². The van der Waals surface area contributed by atoms with Crippen molar-refractivity contribution < 1.29 is 9.53 Å². The van der Waals surface area contributed by atoms with Gasteiger partial charge in [0.2, 0.25) is 0 Å². The van der Waals surface area contributed by atoms with Gasteiger partial charge in [-0.2, -0.15) is 0 Å². The van der Waals surface area contributed by atoms with Gasteiger partial charge in [-0.1, -0.05) is 30.3 Å². The number of hydrogen-bond acceptors (Lipinski definition) is 3. The first-order chi connectivity index (χ1) is 7.31. The number of hydrogen-bond donors (Lipinski definition) is 0. The maximum absolute atomic E-state index is 10.8. The van der Waals surface area contributed by atoms with Gasteiger partial charge in [-0.3, -0.25) is 4.99 Å². The molecule has 1 unspecified atom stereocenters. The van der Waals surface area contributed by atoms with Crippen molar-refractivity contribution in [3.63, 3.8) is 0 Å². The molecule has 2 rings (SSSR count). The Kier molecular flexibility index (Phi) is 2.63. The molecule has 3 nitrogen and oxygen atoms in total. The average molecular weight is 201 g/mol. The second kappa shape index (κ2) is 4.09. The minimum absolute atomic E-state index is 0.0477. The summed E-state index contributed by atoms with van der Waals surface area (Å²) in [6.07, 6.45) is 3.15. The summed E-state index contributed by atoms with van der Waals surface area (Å²) in [6.45, 7) is 0. The van der Waals surface area contributed by atoms with Crippen LogP contribution in [-0.2, 0) is 9.53 Å². The summed E-state index contributed by atoms with van der Waals surface area (Å²) in [7, 11) is 1.36. The van der Waals surface area contributed by atoms with Gasteiger partial charge in [0.1, 0.15) is 6.04 Å². The van der Waals surface area contributed by atoms with E-state index in [9.17, 15) is 4.79 Å². The van der Waals surface area contributed by atoms with E-state index < -0.39 is 0 Å². The predicted octanol–water partition coefficient (Wildman–Crippen LogP) is 1.59. The van der Waals surface area contributed by atoms with E-state index >= 15 is 0 Å². The van der Waals surface area contributed by atoms with Crippen LogP contribution in [0.25, 0.3) is 0 Å². The van der Waals surface area contributed by atoms with Crippen LogP contribution < -0.4 is 0 Å². The molecule has 0 fully saturated rings. The molecule has 1 aliphatic rings. The highest BCUT2D eigenvalue weighted by Gasteiger charge is 2.25. The zero-order chi connectivity index (χ0) is 10.7. The molecule has 0 spiro atoms. The molecule has 0 saturated heterocycles. The predicted molar refractivity (Wildman–Crippen MR) is 57.9 cm³/mol. The second-order valence-corrected chi connectivity index (χ2v) is 3.21. The topological polar surface area (TPSA) is 38.7 Å². The maximum atomic E-state index is 10.8. The van der Waals surface area contributed by atoms with Crippen LogP contribution in [0.2, 0.25) is 0 Å². The Bertz CT molecular complexity index is 421. The van der Waals surface area contributed by atoms with Crippen LogP contribution in [0.15, 0.2) is 47.5 Å². The van der Waals surface area contributed by atoms with Gasteiger partial charge in [0.25, 0.3) is 0 Å². The van der Waals surface area contributed by atoms with Crippen molar-refractivity contribution in [1.29, 1.82) is 0 Å². The van der Waals surface area contributed by atoms with Crippen LogP contribution in [0.1, 0.15) is 5.56 Å². The molecule has 0 radical (unpaired) electrons. The smallest absolute Gasteiger partial charge is 0.330 e. The van der Waals surface area contributed by atoms with Crippen LogP contribution in [0.3, 0.4) is 0 Å². The van der Waals surface area contributed by atoms with Gasteiger partial charge in [0.15, 0.2) is 0 Å². The summed E-state index contributed by atoms with van der Waals surface area (Å²) in [5, 5.41) is 0. The van der Waals surface area contributed by atoms with Crippen LogP contribution in [-0.4, -0.2) is 24.8 Å². The van der Waals surface area contributed by atoms with Gasteiger partial charge < -0.3 is 4.74 Å². The molecule has 76 valence electrons. The Labute approximate surface area is 88.1 Å². The molecule has 0 N–H and O–H groups in total. The summed E-state index contributed by atoms with van der Waals surface area (Å²) < 4.78 is 4.49. The molecule has 1 atom stereocenters. The maximum Gasteiger partial charge on any atom is 0.330 e. The van der Waals surface area contributed by atoms with Gasteiger partial charge in [-0.15, -0.1) is 0 Å². The lowest BCUT2D eigenvalue weighted by Crippen LogP contribution is -1.98. The number of carbonyl (C=O) groups is 1. The minimum Gasteiger partial charge on any atom is -0.466 e. The fraction of sp³-hybridized carbons (Fsp3) is 0.167. The number of nitrogens with zero attached hydrogens (tertiary/aromatic N) is 1. The molecule has 1 aliphatic heterocycles. The second-order valence-electron chi connectivity index (χ2n) is 3.21. The molecule has 1 aromatic rings. The molecular formula is C12H11NO2. The van der Waals surface area contributed by atoms with E-state index in [1.54, 1.807) is 6.08 Å². The third kappa shape index (κ3) is 2.31. The van der Waals surface area contributed by atoms with Crippen molar-refractivity contribution >= 4 is 11.7 Å². The third-order valence-electron chi connectivity index (χ3n) is 2.18. The van der Waals surface area contributed by atoms with Gasteiger partial charge >= 0.3 is 5.97 Å². The Morgan fingerprint density at radius 1 is 1.40 bits per heavy atom. The van der Waals surface area contributed by atoms with Crippen LogP contribution in [0, 0.1) is 0 Å². The number of rotatable bonds is 3. The molecular weight excluding hydrogens is 190 g/mol. The number of esters is 1. The highest BCUT2D eigenvalue weighted by Crippen LogP contribution is 2.20. The number of ether oxygens (including phenoxy) is 1. The number of methoxy groups -OCH3 is 1. The van der Waals surface area contributed by atoms with Gasteiger partial charge in [-0.05, 0) is 11.6 Å².